The third kappa shape index (κ3) is 4.81. The highest BCUT2D eigenvalue weighted by Gasteiger charge is 2.19. The molecular weight excluding hydrogens is 430 g/mol. The van der Waals surface area contributed by atoms with Crippen LogP contribution < -0.4 is 9.47 Å². The van der Waals surface area contributed by atoms with Crippen molar-refractivity contribution in [3.8, 4) is 22.2 Å². The Labute approximate surface area is 188 Å². The normalized spacial score (nSPS) is 10.8. The van der Waals surface area contributed by atoms with Crippen molar-refractivity contribution in [3.05, 3.63) is 77.2 Å². The number of carbonyl (C=O) groups is 1. The maximum atomic E-state index is 12.9. The molecule has 0 fully saturated rings. The summed E-state index contributed by atoms with van der Waals surface area (Å²) in [5.74, 6) is 2.12. The molecule has 2 aromatic carbocycles. The molecule has 2 aromatic heterocycles. The highest BCUT2D eigenvalue weighted by Crippen LogP contribution is 2.30. The number of thiophene rings is 1. The fourth-order valence-corrected chi connectivity index (χ4v) is 4.67. The molecule has 0 saturated carbocycles. The van der Waals surface area contributed by atoms with Gasteiger partial charge in [0.15, 0.2) is 16.8 Å². The minimum absolute atomic E-state index is 0.0450. The highest BCUT2D eigenvalue weighted by atomic mass is 32.2. The molecular formula is C23H21N3O3S2. The number of hydrogen-bond donors (Lipinski definition) is 0. The van der Waals surface area contributed by atoms with Crippen LogP contribution >= 0.6 is 23.1 Å². The molecule has 6 nitrogen and oxygen atoms in total. The minimum atomic E-state index is -0.0450. The van der Waals surface area contributed by atoms with Crippen LogP contribution in [0.25, 0.3) is 10.7 Å². The van der Waals surface area contributed by atoms with E-state index >= 15 is 0 Å². The summed E-state index contributed by atoms with van der Waals surface area (Å²) in [5, 5.41) is 11.5. The number of ketones is 1. The van der Waals surface area contributed by atoms with E-state index in [1.54, 1.807) is 43.8 Å². The number of benzene rings is 2. The third-order valence-electron chi connectivity index (χ3n) is 4.68. The minimum Gasteiger partial charge on any atom is -0.497 e. The quantitative estimate of drug-likeness (QED) is 0.262. The van der Waals surface area contributed by atoms with Crippen LogP contribution in [0.1, 0.15) is 15.9 Å². The van der Waals surface area contributed by atoms with Gasteiger partial charge in [0.05, 0.1) is 37.0 Å². The lowest BCUT2D eigenvalue weighted by Gasteiger charge is -2.11. The smallest absolute Gasteiger partial charge is 0.192 e. The molecule has 0 unspecified atom stereocenters. The van der Waals surface area contributed by atoms with Crippen LogP contribution in [-0.2, 0) is 6.54 Å². The molecule has 0 N–H and O–H groups in total. The lowest BCUT2D eigenvalue weighted by molar-refractivity contribution is 0.101. The Kier molecular flexibility index (Phi) is 6.69. The van der Waals surface area contributed by atoms with E-state index in [1.165, 1.54) is 11.8 Å². The molecule has 0 saturated heterocycles. The van der Waals surface area contributed by atoms with Crippen LogP contribution in [0.5, 0.6) is 11.5 Å². The Balaban J connectivity index is 1.58. The van der Waals surface area contributed by atoms with E-state index in [9.17, 15) is 4.79 Å². The zero-order valence-electron chi connectivity index (χ0n) is 17.1. The third-order valence-corrected chi connectivity index (χ3v) is 6.52. The molecule has 8 heteroatoms. The Morgan fingerprint density at radius 2 is 1.87 bits per heavy atom. The van der Waals surface area contributed by atoms with Crippen molar-refractivity contribution in [1.29, 1.82) is 0 Å². The van der Waals surface area contributed by atoms with Crippen LogP contribution in [0.3, 0.4) is 0 Å². The Morgan fingerprint density at radius 1 is 1.03 bits per heavy atom. The second kappa shape index (κ2) is 9.80. The summed E-state index contributed by atoms with van der Waals surface area (Å²) in [7, 11) is 3.12. The SMILES string of the molecule is COc1ccc(C(=O)CSc2nnc(-c3cccs3)n2Cc2ccccc2)c(OC)c1. The van der Waals surface area contributed by atoms with E-state index in [1.807, 2.05) is 35.7 Å². The van der Waals surface area contributed by atoms with Crippen LogP contribution in [-0.4, -0.2) is 40.5 Å². The number of aromatic nitrogens is 3. The molecule has 4 rings (SSSR count). The monoisotopic (exact) mass is 451 g/mol. The zero-order valence-corrected chi connectivity index (χ0v) is 18.8. The lowest BCUT2D eigenvalue weighted by Crippen LogP contribution is -2.08. The number of methoxy groups -OCH3 is 2. The average Bonchev–Trinajstić information content (AvgIpc) is 3.48. The first-order valence-electron chi connectivity index (χ1n) is 9.58. The Morgan fingerprint density at radius 3 is 2.58 bits per heavy atom. The topological polar surface area (TPSA) is 66.2 Å². The zero-order chi connectivity index (χ0) is 21.6. The number of ether oxygens (including phenoxy) is 2. The molecule has 31 heavy (non-hydrogen) atoms. The molecule has 4 aromatic rings. The molecule has 0 radical (unpaired) electrons. The first-order chi connectivity index (χ1) is 15.2. The predicted molar refractivity (Wildman–Crippen MR) is 123 cm³/mol. The van der Waals surface area contributed by atoms with Crippen molar-refractivity contribution < 1.29 is 14.3 Å². The second-order valence-corrected chi connectivity index (χ2v) is 8.52. The highest BCUT2D eigenvalue weighted by molar-refractivity contribution is 7.99. The molecule has 0 aliphatic heterocycles. The van der Waals surface area contributed by atoms with Crippen molar-refractivity contribution in [2.75, 3.05) is 20.0 Å². The first kappa shape index (κ1) is 21.1. The number of carbonyl (C=O) groups excluding carboxylic acids is 1. The Hall–Kier alpha value is -3.10. The number of nitrogens with zero attached hydrogens (tertiary/aromatic N) is 3. The number of hydrogen-bond acceptors (Lipinski definition) is 7. The van der Waals surface area contributed by atoms with E-state index < -0.39 is 0 Å². The maximum absolute atomic E-state index is 12.9. The van der Waals surface area contributed by atoms with Gasteiger partial charge in [0.25, 0.3) is 0 Å². The van der Waals surface area contributed by atoms with Gasteiger partial charge in [-0.15, -0.1) is 21.5 Å². The van der Waals surface area contributed by atoms with Gasteiger partial charge < -0.3 is 9.47 Å². The lowest BCUT2D eigenvalue weighted by atomic mass is 10.1. The van der Waals surface area contributed by atoms with Crippen molar-refractivity contribution >= 4 is 28.9 Å². The molecule has 0 aliphatic rings. The van der Waals surface area contributed by atoms with Gasteiger partial charge >= 0.3 is 0 Å². The van der Waals surface area contributed by atoms with Crippen LogP contribution in [0.4, 0.5) is 0 Å². The van der Waals surface area contributed by atoms with Crippen molar-refractivity contribution in [2.45, 2.75) is 11.7 Å². The maximum Gasteiger partial charge on any atom is 0.192 e. The van der Waals surface area contributed by atoms with E-state index in [2.05, 4.69) is 26.9 Å². The van der Waals surface area contributed by atoms with Gasteiger partial charge in [-0.05, 0) is 29.1 Å². The molecule has 2 heterocycles. The fraction of sp³-hybridized carbons (Fsp3) is 0.174. The van der Waals surface area contributed by atoms with Crippen molar-refractivity contribution in [1.82, 2.24) is 14.8 Å². The summed E-state index contributed by atoms with van der Waals surface area (Å²) in [6, 6.07) is 19.4. The summed E-state index contributed by atoms with van der Waals surface area (Å²) in [6.45, 7) is 0.628. The Bertz CT molecular complexity index is 1160. The van der Waals surface area contributed by atoms with Crippen molar-refractivity contribution in [3.63, 3.8) is 0 Å². The van der Waals surface area contributed by atoms with E-state index in [0.717, 1.165) is 16.3 Å². The summed E-state index contributed by atoms with van der Waals surface area (Å²) in [4.78, 5) is 13.9. The molecule has 0 atom stereocenters. The van der Waals surface area contributed by atoms with Gasteiger partial charge in [-0.25, -0.2) is 0 Å². The van der Waals surface area contributed by atoms with E-state index in [4.69, 9.17) is 9.47 Å². The summed E-state index contributed by atoms with van der Waals surface area (Å²) in [5.41, 5.74) is 1.66. The fourth-order valence-electron chi connectivity index (χ4n) is 3.13. The van der Waals surface area contributed by atoms with Crippen molar-refractivity contribution in [2.24, 2.45) is 0 Å². The van der Waals surface area contributed by atoms with Gasteiger partial charge in [0.2, 0.25) is 0 Å². The summed E-state index contributed by atoms with van der Waals surface area (Å²) in [6.07, 6.45) is 0. The molecule has 0 aliphatic carbocycles. The van der Waals surface area contributed by atoms with E-state index in [0.29, 0.717) is 28.8 Å². The standard InChI is InChI=1S/C23H21N3O3S2/c1-28-17-10-11-18(20(13-17)29-2)19(27)15-31-23-25-24-22(21-9-6-12-30-21)26(23)14-16-7-4-3-5-8-16/h3-13H,14-15H2,1-2H3. The summed E-state index contributed by atoms with van der Waals surface area (Å²) < 4.78 is 12.6. The van der Waals surface area contributed by atoms with Gasteiger partial charge in [-0.3, -0.25) is 9.36 Å². The first-order valence-corrected chi connectivity index (χ1v) is 11.4. The molecule has 0 spiro atoms. The summed E-state index contributed by atoms with van der Waals surface area (Å²) >= 11 is 2.99. The largest absolute Gasteiger partial charge is 0.497 e. The molecule has 158 valence electrons. The molecule has 0 bridgehead atoms. The number of thioether (sulfide) groups is 1. The van der Waals surface area contributed by atoms with Crippen LogP contribution in [0.15, 0.2) is 71.2 Å². The predicted octanol–water partition coefficient (Wildman–Crippen LogP) is 5.05. The van der Waals surface area contributed by atoms with Gasteiger partial charge in [-0.1, -0.05) is 48.2 Å². The number of rotatable bonds is 9. The average molecular weight is 452 g/mol. The molecule has 0 amide bonds. The van der Waals surface area contributed by atoms with E-state index in [-0.39, 0.29) is 11.5 Å². The van der Waals surface area contributed by atoms with Crippen LogP contribution in [0, 0.1) is 0 Å². The van der Waals surface area contributed by atoms with Gasteiger partial charge in [0, 0.05) is 6.07 Å². The van der Waals surface area contributed by atoms with Gasteiger partial charge in [-0.2, -0.15) is 0 Å². The van der Waals surface area contributed by atoms with Crippen LogP contribution in [0.2, 0.25) is 0 Å². The van der Waals surface area contributed by atoms with Gasteiger partial charge in [0.1, 0.15) is 11.5 Å². The number of Topliss-reactive ketones (excluding diaryl/α,β-unsaturated/α-hetero) is 1. The second-order valence-electron chi connectivity index (χ2n) is 6.63.